The van der Waals surface area contributed by atoms with E-state index in [-0.39, 0.29) is 17.7 Å². The van der Waals surface area contributed by atoms with Crippen LogP contribution in [-0.2, 0) is 9.53 Å². The van der Waals surface area contributed by atoms with Crippen molar-refractivity contribution in [1.82, 2.24) is 15.2 Å². The highest BCUT2D eigenvalue weighted by molar-refractivity contribution is 6.00. The fraction of sp³-hybridized carbons (Fsp3) is 0.409. The number of carbonyl (C=O) groups is 2. The predicted molar refractivity (Wildman–Crippen MR) is 108 cm³/mol. The second-order valence-electron chi connectivity index (χ2n) is 7.14. The number of aromatic nitrogens is 1. The molecule has 1 aliphatic rings. The number of nitrogens with one attached hydrogen (secondary N) is 1. The van der Waals surface area contributed by atoms with Crippen LogP contribution in [0.15, 0.2) is 42.6 Å². The zero-order chi connectivity index (χ0) is 19.9. The fourth-order valence-corrected chi connectivity index (χ4v) is 3.49. The maximum atomic E-state index is 13.2. The lowest BCUT2D eigenvalue weighted by Crippen LogP contribution is -2.46. The molecule has 1 unspecified atom stereocenters. The minimum atomic E-state index is -0.186. The van der Waals surface area contributed by atoms with Crippen molar-refractivity contribution in [3.8, 4) is 11.3 Å². The molecule has 3 rings (SSSR count). The molecule has 0 spiro atoms. The number of amides is 2. The molecule has 6 heteroatoms. The van der Waals surface area contributed by atoms with Gasteiger partial charge in [0.05, 0.1) is 23.8 Å². The van der Waals surface area contributed by atoms with Gasteiger partial charge in [-0.05, 0) is 31.9 Å². The van der Waals surface area contributed by atoms with Gasteiger partial charge in [0.25, 0.3) is 5.91 Å². The van der Waals surface area contributed by atoms with Crippen LogP contribution in [0, 0.1) is 12.8 Å². The van der Waals surface area contributed by atoms with Gasteiger partial charge in [0.1, 0.15) is 0 Å². The molecule has 2 heterocycles. The average molecular weight is 381 g/mol. The summed E-state index contributed by atoms with van der Waals surface area (Å²) in [6.45, 7) is 4.08. The Bertz CT molecular complexity index is 820. The number of carbonyl (C=O) groups excluding carboxylic acids is 2. The number of nitrogens with zero attached hydrogens (tertiary/aromatic N) is 2. The summed E-state index contributed by atoms with van der Waals surface area (Å²) >= 11 is 0. The lowest BCUT2D eigenvalue weighted by Gasteiger charge is -2.32. The molecule has 1 saturated heterocycles. The third-order valence-electron chi connectivity index (χ3n) is 5.05. The van der Waals surface area contributed by atoms with Crippen LogP contribution in [0.1, 0.15) is 28.8 Å². The molecule has 28 heavy (non-hydrogen) atoms. The van der Waals surface area contributed by atoms with Gasteiger partial charge in [-0.2, -0.15) is 0 Å². The zero-order valence-electron chi connectivity index (χ0n) is 16.5. The van der Waals surface area contributed by atoms with Crippen molar-refractivity contribution in [3.05, 3.63) is 53.7 Å². The second-order valence-corrected chi connectivity index (χ2v) is 7.14. The standard InChI is InChI=1S/C22H27N3O3/c1-16-7-9-17(10-8-16)20-19(6-3-11-23-20)22(27)25-13-4-5-18(15-25)21(26)24-12-14-28-2/h3,6-11,18H,4-5,12-15H2,1-2H3,(H,24,26). The van der Waals surface area contributed by atoms with Crippen LogP contribution in [0.5, 0.6) is 0 Å². The Morgan fingerprint density at radius 2 is 2.04 bits per heavy atom. The van der Waals surface area contributed by atoms with Crippen molar-refractivity contribution in [2.24, 2.45) is 5.92 Å². The summed E-state index contributed by atoms with van der Waals surface area (Å²) < 4.78 is 4.97. The molecule has 0 aliphatic carbocycles. The molecular formula is C22H27N3O3. The van der Waals surface area contributed by atoms with Gasteiger partial charge >= 0.3 is 0 Å². The number of aryl methyl sites for hydroxylation is 1. The second kappa shape index (κ2) is 9.46. The van der Waals surface area contributed by atoms with E-state index in [0.717, 1.165) is 24.0 Å². The lowest BCUT2D eigenvalue weighted by atomic mass is 9.95. The van der Waals surface area contributed by atoms with Gasteiger partial charge in [0.2, 0.25) is 5.91 Å². The molecule has 1 fully saturated rings. The number of likely N-dealkylation sites (tertiary alicyclic amines) is 1. The number of hydrogen-bond acceptors (Lipinski definition) is 4. The van der Waals surface area contributed by atoms with Gasteiger partial charge in [-0.3, -0.25) is 14.6 Å². The van der Waals surface area contributed by atoms with Gasteiger partial charge in [-0.1, -0.05) is 29.8 Å². The van der Waals surface area contributed by atoms with Gasteiger partial charge < -0.3 is 15.0 Å². The van der Waals surface area contributed by atoms with Crippen LogP contribution < -0.4 is 5.32 Å². The predicted octanol–water partition coefficient (Wildman–Crippen LogP) is 2.67. The summed E-state index contributed by atoms with van der Waals surface area (Å²) in [6, 6.07) is 11.6. The normalized spacial score (nSPS) is 16.6. The van der Waals surface area contributed by atoms with Crippen LogP contribution in [0.4, 0.5) is 0 Å². The maximum Gasteiger partial charge on any atom is 0.256 e. The molecule has 0 saturated carbocycles. The molecule has 148 valence electrons. The van der Waals surface area contributed by atoms with E-state index in [1.54, 1.807) is 24.3 Å². The minimum Gasteiger partial charge on any atom is -0.383 e. The van der Waals surface area contributed by atoms with Crippen molar-refractivity contribution in [3.63, 3.8) is 0 Å². The molecule has 2 aromatic rings. The molecule has 1 atom stereocenters. The van der Waals surface area contributed by atoms with Crippen molar-refractivity contribution < 1.29 is 14.3 Å². The third-order valence-corrected chi connectivity index (χ3v) is 5.05. The lowest BCUT2D eigenvalue weighted by molar-refractivity contribution is -0.126. The Labute approximate surface area is 165 Å². The van der Waals surface area contributed by atoms with E-state index < -0.39 is 0 Å². The topological polar surface area (TPSA) is 71.5 Å². The van der Waals surface area contributed by atoms with E-state index in [9.17, 15) is 9.59 Å². The highest BCUT2D eigenvalue weighted by Gasteiger charge is 2.30. The van der Waals surface area contributed by atoms with E-state index in [4.69, 9.17) is 4.74 Å². The zero-order valence-corrected chi connectivity index (χ0v) is 16.5. The van der Waals surface area contributed by atoms with E-state index in [0.29, 0.717) is 37.5 Å². The van der Waals surface area contributed by atoms with E-state index in [1.807, 2.05) is 37.3 Å². The quantitative estimate of drug-likeness (QED) is 0.781. The number of rotatable bonds is 6. The van der Waals surface area contributed by atoms with E-state index in [2.05, 4.69) is 10.3 Å². The van der Waals surface area contributed by atoms with Crippen molar-refractivity contribution in [2.45, 2.75) is 19.8 Å². The van der Waals surface area contributed by atoms with Crippen LogP contribution in [-0.4, -0.2) is 55.0 Å². The molecule has 1 aromatic carbocycles. The monoisotopic (exact) mass is 381 g/mol. The van der Waals surface area contributed by atoms with Gasteiger partial charge in [0, 0.05) is 38.5 Å². The Hall–Kier alpha value is -2.73. The van der Waals surface area contributed by atoms with E-state index in [1.165, 1.54) is 0 Å². The summed E-state index contributed by atoms with van der Waals surface area (Å²) in [5.74, 6) is -0.272. The van der Waals surface area contributed by atoms with Crippen molar-refractivity contribution >= 4 is 11.8 Å². The third kappa shape index (κ3) is 4.75. The Morgan fingerprint density at radius 3 is 2.79 bits per heavy atom. The fourth-order valence-electron chi connectivity index (χ4n) is 3.49. The number of benzene rings is 1. The molecule has 1 N–H and O–H groups in total. The number of pyridine rings is 1. The number of hydrogen-bond donors (Lipinski definition) is 1. The van der Waals surface area contributed by atoms with Crippen molar-refractivity contribution in [1.29, 1.82) is 0 Å². The molecule has 1 aromatic heterocycles. The molecule has 1 aliphatic heterocycles. The van der Waals surface area contributed by atoms with Crippen molar-refractivity contribution in [2.75, 3.05) is 33.4 Å². The largest absolute Gasteiger partial charge is 0.383 e. The van der Waals surface area contributed by atoms with Gasteiger partial charge in [-0.15, -0.1) is 0 Å². The van der Waals surface area contributed by atoms with Crippen LogP contribution in [0.3, 0.4) is 0 Å². The summed E-state index contributed by atoms with van der Waals surface area (Å²) in [4.78, 5) is 31.8. The first-order valence-electron chi connectivity index (χ1n) is 9.68. The summed E-state index contributed by atoms with van der Waals surface area (Å²) in [5.41, 5.74) is 3.33. The number of methoxy groups -OCH3 is 1. The number of piperidine rings is 1. The van der Waals surface area contributed by atoms with Gasteiger partial charge in [-0.25, -0.2) is 0 Å². The highest BCUT2D eigenvalue weighted by Crippen LogP contribution is 2.25. The summed E-state index contributed by atoms with van der Waals surface area (Å²) in [7, 11) is 1.60. The first kappa shape index (κ1) is 20.0. The minimum absolute atomic E-state index is 0.0144. The summed E-state index contributed by atoms with van der Waals surface area (Å²) in [6.07, 6.45) is 3.31. The Kier molecular flexibility index (Phi) is 6.76. The first-order valence-corrected chi connectivity index (χ1v) is 9.68. The Balaban J connectivity index is 1.75. The number of ether oxygens (including phenoxy) is 1. The molecule has 0 radical (unpaired) electrons. The molecule has 2 amide bonds. The Morgan fingerprint density at radius 1 is 1.25 bits per heavy atom. The smallest absolute Gasteiger partial charge is 0.256 e. The first-order chi connectivity index (χ1) is 13.6. The molecular weight excluding hydrogens is 354 g/mol. The summed E-state index contributed by atoms with van der Waals surface area (Å²) in [5, 5.41) is 2.88. The highest BCUT2D eigenvalue weighted by atomic mass is 16.5. The molecule has 6 nitrogen and oxygen atoms in total. The van der Waals surface area contributed by atoms with Crippen LogP contribution in [0.2, 0.25) is 0 Å². The average Bonchev–Trinajstić information content (AvgIpc) is 2.74. The van der Waals surface area contributed by atoms with Crippen LogP contribution in [0.25, 0.3) is 11.3 Å². The van der Waals surface area contributed by atoms with E-state index >= 15 is 0 Å². The molecule has 0 bridgehead atoms. The van der Waals surface area contributed by atoms with Gasteiger partial charge in [0.15, 0.2) is 0 Å². The van der Waals surface area contributed by atoms with Crippen LogP contribution >= 0.6 is 0 Å². The maximum absolute atomic E-state index is 13.2. The SMILES string of the molecule is COCCNC(=O)C1CCCN(C(=O)c2cccnc2-c2ccc(C)cc2)C1.